The first-order valence-electron chi connectivity index (χ1n) is 7.00. The average molecular weight is 403 g/mol. The minimum atomic E-state index is -4.00. The molecule has 0 spiro atoms. The minimum absolute atomic E-state index is 0.128. The zero-order valence-electron chi connectivity index (χ0n) is 12.9. The summed E-state index contributed by atoms with van der Waals surface area (Å²) in [4.78, 5) is 41.1. The van der Waals surface area contributed by atoms with E-state index in [9.17, 15) is 22.8 Å². The lowest BCUT2D eigenvalue weighted by atomic mass is 10.4. The highest BCUT2D eigenvalue weighted by molar-refractivity contribution is 7.91. The number of carbonyl (C=O) groups excluding carboxylic acids is 3. The van der Waals surface area contributed by atoms with Crippen LogP contribution in [0.2, 0.25) is 5.02 Å². The highest BCUT2D eigenvalue weighted by Gasteiger charge is 2.34. The van der Waals surface area contributed by atoms with E-state index in [1.807, 2.05) is 0 Å². The van der Waals surface area contributed by atoms with Crippen molar-refractivity contribution in [3.05, 3.63) is 39.7 Å². The van der Waals surface area contributed by atoms with Gasteiger partial charge in [0, 0.05) is 22.8 Å². The molecule has 26 heavy (non-hydrogen) atoms. The summed E-state index contributed by atoms with van der Waals surface area (Å²) >= 11 is 5.68. The molecule has 1 aromatic carbocycles. The number of amides is 2. The summed E-state index contributed by atoms with van der Waals surface area (Å²) in [6.07, 6.45) is -3.59. The molecule has 0 N–H and O–H groups in total. The maximum Gasteiger partial charge on any atom is 0.534 e. The first kappa shape index (κ1) is 19.5. The highest BCUT2D eigenvalue weighted by atomic mass is 35.5. The number of carbonyl (C=O) groups is 3. The SMILES string of the molecule is [N-]=[N+]=NC(CS(=O)(=O)c1ccc(Cl)cc1)OC(=O)ON1C(=O)CCC1=O. The van der Waals surface area contributed by atoms with Crippen LogP contribution in [-0.2, 0) is 29.0 Å². The third-order valence-corrected chi connectivity index (χ3v) is 5.09. The molecule has 1 fully saturated rings. The van der Waals surface area contributed by atoms with Crippen LogP contribution in [0.4, 0.5) is 4.79 Å². The first-order valence-corrected chi connectivity index (χ1v) is 9.03. The van der Waals surface area contributed by atoms with E-state index in [0.29, 0.717) is 5.02 Å². The quantitative estimate of drug-likeness (QED) is 0.231. The number of imide groups is 1. The Morgan fingerprint density at radius 2 is 1.85 bits per heavy atom. The van der Waals surface area contributed by atoms with Gasteiger partial charge in [0.2, 0.25) is 0 Å². The second-order valence-corrected chi connectivity index (χ2v) is 7.41. The van der Waals surface area contributed by atoms with Crippen LogP contribution in [0.1, 0.15) is 12.8 Å². The molecule has 1 aliphatic heterocycles. The van der Waals surface area contributed by atoms with Crippen molar-refractivity contribution in [1.82, 2.24) is 5.06 Å². The van der Waals surface area contributed by atoms with Gasteiger partial charge >= 0.3 is 6.16 Å². The van der Waals surface area contributed by atoms with Crippen LogP contribution in [-0.4, -0.2) is 43.4 Å². The van der Waals surface area contributed by atoms with Crippen molar-refractivity contribution < 1.29 is 32.4 Å². The lowest BCUT2D eigenvalue weighted by Crippen LogP contribution is -2.34. The van der Waals surface area contributed by atoms with E-state index in [1.165, 1.54) is 24.3 Å². The lowest BCUT2D eigenvalue weighted by molar-refractivity contribution is -0.178. The lowest BCUT2D eigenvalue weighted by Gasteiger charge is -2.16. The normalized spacial score (nSPS) is 15.3. The van der Waals surface area contributed by atoms with Crippen LogP contribution >= 0.6 is 11.6 Å². The predicted octanol–water partition coefficient (Wildman–Crippen LogP) is 1.97. The molecule has 1 aliphatic rings. The number of hydrogen-bond donors (Lipinski definition) is 0. The molecule has 0 saturated carbocycles. The van der Waals surface area contributed by atoms with E-state index in [0.717, 1.165) is 0 Å². The van der Waals surface area contributed by atoms with E-state index >= 15 is 0 Å². The number of hydrogen-bond acceptors (Lipinski definition) is 8. The number of halogens is 1. The molecule has 1 saturated heterocycles. The van der Waals surface area contributed by atoms with Gasteiger partial charge in [-0.1, -0.05) is 16.7 Å². The summed E-state index contributed by atoms with van der Waals surface area (Å²) in [5.74, 6) is -2.38. The van der Waals surface area contributed by atoms with Crippen molar-refractivity contribution in [2.24, 2.45) is 5.11 Å². The monoisotopic (exact) mass is 402 g/mol. The largest absolute Gasteiger partial charge is 0.534 e. The third kappa shape index (κ3) is 4.85. The fourth-order valence-corrected chi connectivity index (χ4v) is 3.32. The van der Waals surface area contributed by atoms with Crippen molar-refractivity contribution in [3.63, 3.8) is 0 Å². The van der Waals surface area contributed by atoms with Crippen LogP contribution < -0.4 is 0 Å². The van der Waals surface area contributed by atoms with Crippen molar-refractivity contribution in [3.8, 4) is 0 Å². The Labute approximate surface area is 151 Å². The third-order valence-electron chi connectivity index (χ3n) is 3.12. The highest BCUT2D eigenvalue weighted by Crippen LogP contribution is 2.18. The van der Waals surface area contributed by atoms with Crippen LogP contribution in [0.5, 0.6) is 0 Å². The first-order chi connectivity index (χ1) is 12.2. The predicted molar refractivity (Wildman–Crippen MR) is 85.1 cm³/mol. The number of azide groups is 1. The van der Waals surface area contributed by atoms with E-state index in [1.54, 1.807) is 0 Å². The van der Waals surface area contributed by atoms with E-state index in [4.69, 9.17) is 17.1 Å². The van der Waals surface area contributed by atoms with Gasteiger partial charge in [0.25, 0.3) is 11.8 Å². The molecule has 2 rings (SSSR count). The van der Waals surface area contributed by atoms with Gasteiger partial charge in [0.1, 0.15) is 0 Å². The van der Waals surface area contributed by atoms with Gasteiger partial charge in [-0.05, 0) is 34.9 Å². The maximum absolute atomic E-state index is 12.3. The molecular weight excluding hydrogens is 392 g/mol. The molecule has 1 aromatic rings. The van der Waals surface area contributed by atoms with Crippen molar-refractivity contribution >= 4 is 39.4 Å². The Morgan fingerprint density at radius 1 is 1.27 bits per heavy atom. The second-order valence-electron chi connectivity index (χ2n) is 4.94. The Hall–Kier alpha value is -2.82. The molecule has 0 radical (unpaired) electrons. The topological polar surface area (TPSA) is 156 Å². The van der Waals surface area contributed by atoms with Crippen LogP contribution in [0.25, 0.3) is 10.4 Å². The van der Waals surface area contributed by atoms with E-state index in [-0.39, 0.29) is 22.8 Å². The van der Waals surface area contributed by atoms with Gasteiger partial charge < -0.3 is 4.74 Å². The maximum atomic E-state index is 12.3. The summed E-state index contributed by atoms with van der Waals surface area (Å²) in [6, 6.07) is 5.14. The van der Waals surface area contributed by atoms with Gasteiger partial charge in [-0.3, -0.25) is 14.4 Å². The molecule has 1 unspecified atom stereocenters. The number of benzene rings is 1. The average Bonchev–Trinajstić information content (AvgIpc) is 2.87. The Kier molecular flexibility index (Phi) is 6.03. The van der Waals surface area contributed by atoms with Gasteiger partial charge in [0.05, 0.1) is 10.6 Å². The fourth-order valence-electron chi connectivity index (χ4n) is 1.94. The van der Waals surface area contributed by atoms with Gasteiger partial charge in [-0.25, -0.2) is 13.2 Å². The number of sulfone groups is 1. The molecule has 0 bridgehead atoms. The molecule has 138 valence electrons. The number of ether oxygens (including phenoxy) is 1. The molecule has 2 amide bonds. The molecule has 1 atom stereocenters. The molecule has 13 heteroatoms. The Morgan fingerprint density at radius 3 is 2.38 bits per heavy atom. The van der Waals surface area contributed by atoms with Crippen LogP contribution in [0.15, 0.2) is 34.3 Å². The summed E-state index contributed by atoms with van der Waals surface area (Å²) < 4.78 is 29.2. The van der Waals surface area contributed by atoms with Crippen LogP contribution in [0.3, 0.4) is 0 Å². The van der Waals surface area contributed by atoms with Crippen molar-refractivity contribution in [2.45, 2.75) is 24.0 Å². The molecule has 0 aliphatic carbocycles. The summed E-state index contributed by atoms with van der Waals surface area (Å²) in [6.45, 7) is 0. The van der Waals surface area contributed by atoms with Gasteiger partial charge in [-0.15, -0.1) is 0 Å². The number of rotatable bonds is 6. The molecule has 1 heterocycles. The Balaban J connectivity index is 2.07. The number of hydroxylamine groups is 2. The fraction of sp³-hybridized carbons (Fsp3) is 0.308. The molecule has 11 nitrogen and oxygen atoms in total. The zero-order valence-corrected chi connectivity index (χ0v) is 14.5. The summed E-state index contributed by atoms with van der Waals surface area (Å²) in [5, 5.41) is 3.60. The van der Waals surface area contributed by atoms with E-state index in [2.05, 4.69) is 19.6 Å². The van der Waals surface area contributed by atoms with Crippen molar-refractivity contribution in [1.29, 1.82) is 0 Å². The molecule has 0 aromatic heterocycles. The van der Waals surface area contributed by atoms with Gasteiger partial charge in [-0.2, -0.15) is 0 Å². The van der Waals surface area contributed by atoms with Crippen LogP contribution in [0, 0.1) is 0 Å². The minimum Gasteiger partial charge on any atom is -0.422 e. The zero-order chi connectivity index (χ0) is 19.3. The summed E-state index contributed by atoms with van der Waals surface area (Å²) in [5.41, 5.74) is 8.52. The summed E-state index contributed by atoms with van der Waals surface area (Å²) in [7, 11) is -4.00. The van der Waals surface area contributed by atoms with E-state index < -0.39 is 39.8 Å². The standard InChI is InChI=1S/C13H11ClN4O7S/c14-8-1-3-9(4-2-8)26(22,23)7-10(16-17-15)24-13(21)25-18-11(19)5-6-12(18)20/h1-4,10H,5-7H2. The number of nitrogens with zero attached hydrogens (tertiary/aromatic N) is 4. The Bertz CT molecular complexity index is 864. The second kappa shape index (κ2) is 8.04. The smallest absolute Gasteiger partial charge is 0.422 e. The molecular formula is C13H11ClN4O7S. The van der Waals surface area contributed by atoms with Crippen molar-refractivity contribution in [2.75, 3.05) is 5.75 Å². The van der Waals surface area contributed by atoms with Gasteiger partial charge in [0.15, 0.2) is 16.1 Å².